The first-order valence-corrected chi connectivity index (χ1v) is 5.48. The van der Waals surface area contributed by atoms with Gasteiger partial charge in [0.25, 0.3) is 0 Å². The summed E-state index contributed by atoms with van der Waals surface area (Å²) >= 11 is 0. The Kier molecular flexibility index (Phi) is 3.80. The van der Waals surface area contributed by atoms with Crippen molar-refractivity contribution < 1.29 is 0 Å². The van der Waals surface area contributed by atoms with Crippen molar-refractivity contribution in [2.24, 2.45) is 5.73 Å². The molecule has 3 heteroatoms. The molecule has 0 radical (unpaired) electrons. The van der Waals surface area contributed by atoms with E-state index in [0.717, 1.165) is 30.1 Å². The summed E-state index contributed by atoms with van der Waals surface area (Å²) in [4.78, 5) is 8.89. The largest absolute Gasteiger partial charge is 0.330 e. The third kappa shape index (κ3) is 3.59. The lowest BCUT2D eigenvalue weighted by atomic mass is 9.91. The highest BCUT2D eigenvalue weighted by Crippen LogP contribution is 2.20. The molecule has 0 amide bonds. The first kappa shape index (κ1) is 12.1. The van der Waals surface area contributed by atoms with E-state index < -0.39 is 0 Å². The highest BCUT2D eigenvalue weighted by molar-refractivity contribution is 5.18. The molecule has 15 heavy (non-hydrogen) atoms. The van der Waals surface area contributed by atoms with Gasteiger partial charge in [-0.05, 0) is 32.4 Å². The van der Waals surface area contributed by atoms with Crippen LogP contribution >= 0.6 is 0 Å². The maximum Gasteiger partial charge on any atom is 0.125 e. The van der Waals surface area contributed by atoms with Crippen LogP contribution < -0.4 is 5.73 Å². The minimum atomic E-state index is 0.0885. The third-order valence-electron chi connectivity index (χ3n) is 2.30. The van der Waals surface area contributed by atoms with E-state index in [4.69, 9.17) is 5.73 Å². The smallest absolute Gasteiger partial charge is 0.125 e. The Labute approximate surface area is 92.1 Å². The lowest BCUT2D eigenvalue weighted by Crippen LogP contribution is -2.16. The van der Waals surface area contributed by atoms with Crippen molar-refractivity contribution >= 4 is 0 Å². The molecule has 0 fully saturated rings. The molecule has 0 unspecified atom stereocenters. The van der Waals surface area contributed by atoms with E-state index in [-0.39, 0.29) is 5.41 Å². The van der Waals surface area contributed by atoms with Crippen LogP contribution in [-0.4, -0.2) is 16.5 Å². The second-order valence-corrected chi connectivity index (χ2v) is 4.93. The molecular formula is C12H21N3. The van der Waals surface area contributed by atoms with E-state index in [2.05, 4.69) is 36.8 Å². The minimum Gasteiger partial charge on any atom is -0.330 e. The second-order valence-electron chi connectivity index (χ2n) is 4.93. The Hall–Kier alpha value is -0.960. The summed E-state index contributed by atoms with van der Waals surface area (Å²) in [6.45, 7) is 9.17. The van der Waals surface area contributed by atoms with Crippen LogP contribution in [0.4, 0.5) is 0 Å². The molecule has 1 heterocycles. The summed E-state index contributed by atoms with van der Waals surface area (Å²) in [5.74, 6) is 0.856. The van der Waals surface area contributed by atoms with Crippen molar-refractivity contribution in [2.75, 3.05) is 6.54 Å². The Balaban J connectivity index is 2.95. The lowest BCUT2D eigenvalue weighted by molar-refractivity contribution is 0.561. The summed E-state index contributed by atoms with van der Waals surface area (Å²) in [7, 11) is 0. The van der Waals surface area contributed by atoms with Gasteiger partial charge in [-0.2, -0.15) is 0 Å². The molecule has 0 saturated carbocycles. The van der Waals surface area contributed by atoms with Crippen LogP contribution in [0.2, 0.25) is 0 Å². The summed E-state index contributed by atoms with van der Waals surface area (Å²) in [6.07, 6.45) is 1.93. The topological polar surface area (TPSA) is 51.8 Å². The van der Waals surface area contributed by atoms with Gasteiger partial charge in [0, 0.05) is 16.8 Å². The monoisotopic (exact) mass is 207 g/mol. The Bertz CT molecular complexity index is 326. The van der Waals surface area contributed by atoms with Gasteiger partial charge in [-0.3, -0.25) is 0 Å². The number of rotatable bonds is 3. The first-order chi connectivity index (χ1) is 6.93. The highest BCUT2D eigenvalue weighted by Gasteiger charge is 2.16. The molecule has 0 aliphatic rings. The number of nitrogens with zero attached hydrogens (tertiary/aromatic N) is 2. The van der Waals surface area contributed by atoms with Gasteiger partial charge in [0.05, 0.1) is 0 Å². The molecule has 1 aromatic heterocycles. The zero-order valence-electron chi connectivity index (χ0n) is 10.2. The first-order valence-electron chi connectivity index (χ1n) is 5.48. The van der Waals surface area contributed by atoms with E-state index >= 15 is 0 Å². The van der Waals surface area contributed by atoms with Crippen LogP contribution in [0.25, 0.3) is 0 Å². The maximum atomic E-state index is 5.49. The fourth-order valence-electron chi connectivity index (χ4n) is 1.42. The van der Waals surface area contributed by atoms with Crippen molar-refractivity contribution in [2.45, 2.75) is 46.0 Å². The van der Waals surface area contributed by atoms with E-state index in [1.165, 1.54) is 0 Å². The number of nitrogens with two attached hydrogens (primary N) is 1. The van der Waals surface area contributed by atoms with Crippen molar-refractivity contribution in [1.29, 1.82) is 0 Å². The quantitative estimate of drug-likeness (QED) is 0.824. The minimum absolute atomic E-state index is 0.0885. The molecule has 0 aliphatic carbocycles. The molecule has 0 aromatic carbocycles. The van der Waals surface area contributed by atoms with Gasteiger partial charge >= 0.3 is 0 Å². The van der Waals surface area contributed by atoms with Gasteiger partial charge in [-0.1, -0.05) is 20.8 Å². The summed E-state index contributed by atoms with van der Waals surface area (Å²) < 4.78 is 0. The van der Waals surface area contributed by atoms with E-state index in [9.17, 15) is 0 Å². The number of aryl methyl sites for hydroxylation is 2. The van der Waals surface area contributed by atoms with Crippen LogP contribution in [0, 0.1) is 6.92 Å². The van der Waals surface area contributed by atoms with Crippen LogP contribution in [0.15, 0.2) is 6.07 Å². The number of hydrogen-bond donors (Lipinski definition) is 1. The molecule has 0 spiro atoms. The zero-order valence-corrected chi connectivity index (χ0v) is 10.2. The third-order valence-corrected chi connectivity index (χ3v) is 2.30. The van der Waals surface area contributed by atoms with E-state index in [1.807, 2.05) is 6.92 Å². The van der Waals surface area contributed by atoms with Gasteiger partial charge in [-0.25, -0.2) is 9.97 Å². The predicted octanol–water partition coefficient (Wildman–Crippen LogP) is 1.97. The molecule has 1 rings (SSSR count). The summed E-state index contributed by atoms with van der Waals surface area (Å²) in [5, 5.41) is 0. The fraction of sp³-hybridized carbons (Fsp3) is 0.667. The molecular weight excluding hydrogens is 186 g/mol. The molecule has 2 N–H and O–H groups in total. The molecule has 0 bridgehead atoms. The SMILES string of the molecule is Cc1nc(CCCN)cc(C(C)(C)C)n1. The van der Waals surface area contributed by atoms with Gasteiger partial charge in [0.2, 0.25) is 0 Å². The van der Waals surface area contributed by atoms with Crippen molar-refractivity contribution in [1.82, 2.24) is 9.97 Å². The maximum absolute atomic E-state index is 5.49. The van der Waals surface area contributed by atoms with Gasteiger partial charge in [-0.15, -0.1) is 0 Å². The van der Waals surface area contributed by atoms with Crippen molar-refractivity contribution in [3.8, 4) is 0 Å². The summed E-state index contributed by atoms with van der Waals surface area (Å²) in [5.41, 5.74) is 7.81. The molecule has 0 atom stereocenters. The Morgan fingerprint density at radius 2 is 1.93 bits per heavy atom. The van der Waals surface area contributed by atoms with Crippen LogP contribution in [-0.2, 0) is 11.8 Å². The van der Waals surface area contributed by atoms with Gasteiger partial charge in [0.15, 0.2) is 0 Å². The molecule has 0 saturated heterocycles. The van der Waals surface area contributed by atoms with Crippen LogP contribution in [0.1, 0.15) is 44.4 Å². The number of aromatic nitrogens is 2. The normalized spacial score (nSPS) is 11.8. The molecule has 1 aromatic rings. The average molecular weight is 207 g/mol. The van der Waals surface area contributed by atoms with Crippen molar-refractivity contribution in [3.05, 3.63) is 23.3 Å². The molecule has 84 valence electrons. The molecule has 3 nitrogen and oxygen atoms in total. The van der Waals surface area contributed by atoms with Gasteiger partial charge in [0.1, 0.15) is 5.82 Å². The van der Waals surface area contributed by atoms with Gasteiger partial charge < -0.3 is 5.73 Å². The predicted molar refractivity (Wildman–Crippen MR) is 62.8 cm³/mol. The highest BCUT2D eigenvalue weighted by atomic mass is 14.9. The zero-order chi connectivity index (χ0) is 11.5. The Morgan fingerprint density at radius 3 is 2.47 bits per heavy atom. The Morgan fingerprint density at radius 1 is 1.27 bits per heavy atom. The lowest BCUT2D eigenvalue weighted by Gasteiger charge is -2.18. The van der Waals surface area contributed by atoms with E-state index in [1.54, 1.807) is 0 Å². The molecule has 0 aliphatic heterocycles. The van der Waals surface area contributed by atoms with E-state index in [0.29, 0.717) is 6.54 Å². The fourth-order valence-corrected chi connectivity index (χ4v) is 1.42. The average Bonchev–Trinajstić information content (AvgIpc) is 2.12. The standard InChI is InChI=1S/C12H21N3/c1-9-14-10(6-5-7-13)8-11(15-9)12(2,3)4/h8H,5-7,13H2,1-4H3. The van der Waals surface area contributed by atoms with Crippen LogP contribution in [0.3, 0.4) is 0 Å². The van der Waals surface area contributed by atoms with Crippen molar-refractivity contribution in [3.63, 3.8) is 0 Å². The summed E-state index contributed by atoms with van der Waals surface area (Å²) in [6, 6.07) is 2.10. The number of hydrogen-bond acceptors (Lipinski definition) is 3. The van der Waals surface area contributed by atoms with Crippen LogP contribution in [0.5, 0.6) is 0 Å². The second kappa shape index (κ2) is 4.71.